The third kappa shape index (κ3) is 4.39. The van der Waals surface area contributed by atoms with Gasteiger partial charge < -0.3 is 15.2 Å². The van der Waals surface area contributed by atoms with E-state index in [2.05, 4.69) is 44.5 Å². The number of H-pyrrole nitrogens is 1. The summed E-state index contributed by atoms with van der Waals surface area (Å²) in [4.78, 5) is 26.0. The van der Waals surface area contributed by atoms with Crippen LogP contribution in [0.15, 0.2) is 61.2 Å². The number of nitrogens with zero attached hydrogens (tertiary/aromatic N) is 3. The van der Waals surface area contributed by atoms with E-state index in [1.165, 1.54) is 5.56 Å². The standard InChI is InChI=1S/C22H25N5O/c28-20(27-14-1-2-15-27)10-7-17-5-8-19(9-6-17)26-21(22-24-12-13-25-22)18-4-3-11-23-16-18/h3-6,8-9,11-13,16,21,26H,1-2,7,10,14-15H2,(H,24,25). The van der Waals surface area contributed by atoms with Crippen LogP contribution in [0.25, 0.3) is 0 Å². The maximum absolute atomic E-state index is 12.2. The second-order valence-corrected chi connectivity index (χ2v) is 7.12. The molecule has 3 aromatic rings. The first-order valence-corrected chi connectivity index (χ1v) is 9.82. The first kappa shape index (κ1) is 18.2. The summed E-state index contributed by atoms with van der Waals surface area (Å²) in [6, 6.07) is 12.1. The van der Waals surface area contributed by atoms with E-state index in [0.717, 1.165) is 49.4 Å². The molecular formula is C22H25N5O. The van der Waals surface area contributed by atoms with Crippen molar-refractivity contribution in [2.75, 3.05) is 18.4 Å². The number of benzene rings is 1. The Balaban J connectivity index is 1.40. The Kier molecular flexibility index (Phi) is 5.66. The molecule has 2 N–H and O–H groups in total. The Morgan fingerprint density at radius 3 is 2.64 bits per heavy atom. The lowest BCUT2D eigenvalue weighted by molar-refractivity contribution is -0.130. The van der Waals surface area contributed by atoms with Gasteiger partial charge in [0.05, 0.1) is 0 Å². The van der Waals surface area contributed by atoms with Crippen LogP contribution in [0.2, 0.25) is 0 Å². The Morgan fingerprint density at radius 1 is 1.14 bits per heavy atom. The molecule has 0 spiro atoms. The number of hydrogen-bond acceptors (Lipinski definition) is 4. The maximum Gasteiger partial charge on any atom is 0.222 e. The van der Waals surface area contributed by atoms with E-state index in [4.69, 9.17) is 0 Å². The Hall–Kier alpha value is -3.15. The lowest BCUT2D eigenvalue weighted by Gasteiger charge is -2.18. The highest BCUT2D eigenvalue weighted by atomic mass is 16.2. The zero-order valence-corrected chi connectivity index (χ0v) is 15.8. The molecule has 4 rings (SSSR count). The van der Waals surface area contributed by atoms with E-state index >= 15 is 0 Å². The number of carbonyl (C=O) groups excluding carboxylic acids is 1. The van der Waals surface area contributed by atoms with Crippen LogP contribution >= 0.6 is 0 Å². The first-order chi connectivity index (χ1) is 13.8. The number of carbonyl (C=O) groups is 1. The zero-order valence-electron chi connectivity index (χ0n) is 15.8. The van der Waals surface area contributed by atoms with Crippen molar-refractivity contribution in [1.82, 2.24) is 19.9 Å². The molecule has 1 unspecified atom stereocenters. The van der Waals surface area contributed by atoms with Crippen molar-refractivity contribution < 1.29 is 4.79 Å². The molecular weight excluding hydrogens is 350 g/mol. The van der Waals surface area contributed by atoms with Crippen LogP contribution in [0.5, 0.6) is 0 Å². The molecule has 0 aliphatic carbocycles. The van der Waals surface area contributed by atoms with Gasteiger partial charge in [-0.25, -0.2) is 4.98 Å². The number of rotatable bonds is 7. The van der Waals surface area contributed by atoms with E-state index in [0.29, 0.717) is 6.42 Å². The minimum absolute atomic E-state index is 0.105. The SMILES string of the molecule is O=C(CCc1ccc(NC(c2cccnc2)c2ncc[nH]2)cc1)N1CCCC1. The number of imidazole rings is 1. The monoisotopic (exact) mass is 375 g/mol. The largest absolute Gasteiger partial charge is 0.371 e. The summed E-state index contributed by atoms with van der Waals surface area (Å²) in [5, 5.41) is 3.53. The number of nitrogens with one attached hydrogen (secondary N) is 2. The third-order valence-electron chi connectivity index (χ3n) is 5.16. The van der Waals surface area contributed by atoms with Gasteiger partial charge in [0.25, 0.3) is 0 Å². The van der Waals surface area contributed by atoms with Gasteiger partial charge in [0, 0.05) is 55.5 Å². The van der Waals surface area contributed by atoms with Crippen LogP contribution in [0.1, 0.15) is 42.3 Å². The van der Waals surface area contributed by atoms with Crippen LogP contribution in [0.4, 0.5) is 5.69 Å². The van der Waals surface area contributed by atoms with Gasteiger partial charge in [-0.2, -0.15) is 0 Å². The highest BCUT2D eigenvalue weighted by Gasteiger charge is 2.18. The predicted molar refractivity (Wildman–Crippen MR) is 109 cm³/mol. The molecule has 1 saturated heterocycles. The van der Waals surface area contributed by atoms with Gasteiger partial charge in [-0.3, -0.25) is 9.78 Å². The van der Waals surface area contributed by atoms with Crippen LogP contribution < -0.4 is 5.32 Å². The van der Waals surface area contributed by atoms with Gasteiger partial charge in [0.15, 0.2) is 0 Å². The molecule has 28 heavy (non-hydrogen) atoms. The first-order valence-electron chi connectivity index (χ1n) is 9.82. The molecule has 144 valence electrons. The maximum atomic E-state index is 12.2. The van der Waals surface area contributed by atoms with E-state index in [9.17, 15) is 4.79 Å². The fourth-order valence-corrected chi connectivity index (χ4v) is 3.60. The lowest BCUT2D eigenvalue weighted by Crippen LogP contribution is -2.27. The van der Waals surface area contributed by atoms with Crippen LogP contribution in [0.3, 0.4) is 0 Å². The molecule has 1 aromatic carbocycles. The summed E-state index contributed by atoms with van der Waals surface area (Å²) in [7, 11) is 0. The number of likely N-dealkylation sites (tertiary alicyclic amines) is 1. The number of aromatic amines is 1. The summed E-state index contributed by atoms with van der Waals surface area (Å²) in [5.41, 5.74) is 3.21. The molecule has 1 aliphatic rings. The second-order valence-electron chi connectivity index (χ2n) is 7.12. The Bertz CT molecular complexity index is 871. The molecule has 0 saturated carbocycles. The number of aryl methyl sites for hydroxylation is 1. The summed E-state index contributed by atoms with van der Waals surface area (Å²) in [6.45, 7) is 1.84. The van der Waals surface area contributed by atoms with E-state index < -0.39 is 0 Å². The van der Waals surface area contributed by atoms with Crippen molar-refractivity contribution in [3.05, 3.63) is 78.1 Å². The highest BCUT2D eigenvalue weighted by Crippen LogP contribution is 2.24. The van der Waals surface area contributed by atoms with Crippen molar-refractivity contribution in [2.24, 2.45) is 0 Å². The number of hydrogen-bond donors (Lipinski definition) is 2. The minimum Gasteiger partial charge on any atom is -0.371 e. The average molecular weight is 375 g/mol. The Morgan fingerprint density at radius 2 is 1.96 bits per heavy atom. The topological polar surface area (TPSA) is 73.9 Å². The highest BCUT2D eigenvalue weighted by molar-refractivity contribution is 5.76. The number of amides is 1. The summed E-state index contributed by atoms with van der Waals surface area (Å²) in [6.07, 6.45) is 10.8. The van der Waals surface area contributed by atoms with Crippen LogP contribution in [-0.2, 0) is 11.2 Å². The zero-order chi connectivity index (χ0) is 19.2. The number of anilines is 1. The minimum atomic E-state index is -0.105. The van der Waals surface area contributed by atoms with Gasteiger partial charge in [-0.1, -0.05) is 18.2 Å². The second kappa shape index (κ2) is 8.69. The molecule has 3 heterocycles. The van der Waals surface area contributed by atoms with Crippen molar-refractivity contribution in [3.8, 4) is 0 Å². The third-order valence-corrected chi connectivity index (χ3v) is 5.16. The molecule has 2 aromatic heterocycles. The van der Waals surface area contributed by atoms with E-state index in [1.807, 2.05) is 29.4 Å². The van der Waals surface area contributed by atoms with Crippen LogP contribution in [-0.4, -0.2) is 38.8 Å². The van der Waals surface area contributed by atoms with E-state index in [-0.39, 0.29) is 11.9 Å². The average Bonchev–Trinajstić information content (AvgIpc) is 3.46. The quantitative estimate of drug-likeness (QED) is 0.662. The Labute approximate surface area is 165 Å². The summed E-state index contributed by atoms with van der Waals surface area (Å²) >= 11 is 0. The molecule has 1 fully saturated rings. The van der Waals surface area contributed by atoms with Gasteiger partial charge in [-0.05, 0) is 43.0 Å². The molecule has 0 bridgehead atoms. The van der Waals surface area contributed by atoms with Crippen molar-refractivity contribution in [2.45, 2.75) is 31.7 Å². The normalized spacial score (nSPS) is 14.8. The van der Waals surface area contributed by atoms with Crippen molar-refractivity contribution >= 4 is 11.6 Å². The summed E-state index contributed by atoms with van der Waals surface area (Å²) in [5.74, 6) is 1.11. The molecule has 1 amide bonds. The molecule has 6 nitrogen and oxygen atoms in total. The van der Waals surface area contributed by atoms with Gasteiger partial charge >= 0.3 is 0 Å². The molecule has 6 heteroatoms. The fraction of sp³-hybridized carbons (Fsp3) is 0.318. The number of pyridine rings is 1. The van der Waals surface area contributed by atoms with Crippen LogP contribution in [0, 0.1) is 0 Å². The van der Waals surface area contributed by atoms with E-state index in [1.54, 1.807) is 12.4 Å². The molecule has 1 aliphatic heterocycles. The molecule has 1 atom stereocenters. The molecule has 0 radical (unpaired) electrons. The summed E-state index contributed by atoms with van der Waals surface area (Å²) < 4.78 is 0. The predicted octanol–water partition coefficient (Wildman–Crippen LogP) is 3.56. The van der Waals surface area contributed by atoms with Gasteiger partial charge in [0.1, 0.15) is 11.9 Å². The fourth-order valence-electron chi connectivity index (χ4n) is 3.60. The van der Waals surface area contributed by atoms with Gasteiger partial charge in [-0.15, -0.1) is 0 Å². The lowest BCUT2D eigenvalue weighted by atomic mass is 10.1. The van der Waals surface area contributed by atoms with Crippen molar-refractivity contribution in [1.29, 1.82) is 0 Å². The smallest absolute Gasteiger partial charge is 0.222 e. The van der Waals surface area contributed by atoms with Crippen molar-refractivity contribution in [3.63, 3.8) is 0 Å². The van der Waals surface area contributed by atoms with Gasteiger partial charge in [0.2, 0.25) is 5.91 Å². The number of aromatic nitrogens is 3.